The highest BCUT2D eigenvalue weighted by molar-refractivity contribution is 7.92. The topological polar surface area (TPSA) is 100 Å². The van der Waals surface area contributed by atoms with Crippen molar-refractivity contribution in [1.82, 2.24) is 10.3 Å². The minimum absolute atomic E-state index is 0.000176. The highest BCUT2D eigenvalue weighted by Gasteiger charge is 2.32. The lowest BCUT2D eigenvalue weighted by Gasteiger charge is -2.15. The van der Waals surface area contributed by atoms with Crippen molar-refractivity contribution >= 4 is 33.5 Å². The molecule has 1 aromatic heterocycles. The Kier molecular flexibility index (Phi) is 8.42. The van der Waals surface area contributed by atoms with E-state index in [0.717, 1.165) is 24.5 Å². The molecule has 12 heteroatoms. The minimum atomic E-state index is -4.60. The second kappa shape index (κ2) is 10.6. The fraction of sp³-hybridized carbons (Fsp3) is 0.333. The highest BCUT2D eigenvalue weighted by Crippen LogP contribution is 2.30. The Morgan fingerprint density at radius 3 is 2.48 bits per heavy atom. The van der Waals surface area contributed by atoms with Crippen LogP contribution < -0.4 is 15.4 Å². The van der Waals surface area contributed by atoms with Gasteiger partial charge < -0.3 is 10.6 Å². The number of anilines is 2. The van der Waals surface area contributed by atoms with Gasteiger partial charge in [-0.25, -0.2) is 17.8 Å². The third-order valence-corrected chi connectivity index (χ3v) is 4.91. The van der Waals surface area contributed by atoms with Crippen LogP contribution in [0.3, 0.4) is 0 Å². The number of rotatable bonds is 9. The summed E-state index contributed by atoms with van der Waals surface area (Å²) in [5, 5.41) is 5.42. The zero-order valence-corrected chi connectivity index (χ0v) is 18.9. The molecule has 2 rings (SSSR count). The van der Waals surface area contributed by atoms with Crippen LogP contribution in [0.4, 0.5) is 29.1 Å². The molecule has 1 heterocycles. The van der Waals surface area contributed by atoms with Gasteiger partial charge in [0.2, 0.25) is 15.9 Å². The average Bonchev–Trinajstić information content (AvgIpc) is 2.70. The SMILES string of the molecule is CCCNc1nc(C(F)(F)F)ccc1C=CC(=O)NC(C)c1ccc(NS(C)(=O)=O)c(F)c1. The second-order valence-corrected chi connectivity index (χ2v) is 8.98. The summed E-state index contributed by atoms with van der Waals surface area (Å²) in [5.41, 5.74) is -0.593. The molecular formula is C21H24F4N4O3S. The lowest BCUT2D eigenvalue weighted by atomic mass is 10.1. The molecule has 33 heavy (non-hydrogen) atoms. The summed E-state index contributed by atoms with van der Waals surface area (Å²) in [4.78, 5) is 15.9. The number of carbonyl (C=O) groups is 1. The fourth-order valence-electron chi connectivity index (χ4n) is 2.74. The molecular weight excluding hydrogens is 464 g/mol. The van der Waals surface area contributed by atoms with E-state index in [1.54, 1.807) is 6.92 Å². The van der Waals surface area contributed by atoms with Gasteiger partial charge in [0.25, 0.3) is 0 Å². The summed E-state index contributed by atoms with van der Waals surface area (Å²) in [5.74, 6) is -1.38. The number of sulfonamides is 1. The largest absolute Gasteiger partial charge is 0.433 e. The number of alkyl halides is 3. The van der Waals surface area contributed by atoms with Gasteiger partial charge in [-0.05, 0) is 49.2 Å². The van der Waals surface area contributed by atoms with Gasteiger partial charge in [-0.15, -0.1) is 0 Å². The number of halogens is 4. The first kappa shape index (κ1) is 26.1. The number of hydrogen-bond donors (Lipinski definition) is 3. The molecule has 0 saturated heterocycles. The molecule has 7 nitrogen and oxygen atoms in total. The zero-order valence-electron chi connectivity index (χ0n) is 18.1. The van der Waals surface area contributed by atoms with E-state index < -0.39 is 39.7 Å². The Morgan fingerprint density at radius 1 is 1.21 bits per heavy atom. The Balaban J connectivity index is 2.13. The van der Waals surface area contributed by atoms with E-state index in [0.29, 0.717) is 24.1 Å². The van der Waals surface area contributed by atoms with Crippen LogP contribution in [0.5, 0.6) is 0 Å². The van der Waals surface area contributed by atoms with Crippen LogP contribution in [-0.4, -0.2) is 32.1 Å². The maximum atomic E-state index is 14.2. The number of aromatic nitrogens is 1. The van der Waals surface area contributed by atoms with Crippen LogP contribution in [0.2, 0.25) is 0 Å². The molecule has 0 spiro atoms. The Hall–Kier alpha value is -3.15. The summed E-state index contributed by atoms with van der Waals surface area (Å²) >= 11 is 0. The highest BCUT2D eigenvalue weighted by atomic mass is 32.2. The van der Waals surface area contributed by atoms with E-state index in [9.17, 15) is 30.8 Å². The van der Waals surface area contributed by atoms with Crippen molar-refractivity contribution in [2.24, 2.45) is 0 Å². The monoisotopic (exact) mass is 488 g/mol. The Labute approximate surface area is 189 Å². The van der Waals surface area contributed by atoms with E-state index in [-0.39, 0.29) is 11.5 Å². The molecule has 2 aromatic rings. The smallest absolute Gasteiger partial charge is 0.370 e. The molecule has 0 radical (unpaired) electrons. The van der Waals surface area contributed by atoms with Crippen molar-refractivity contribution in [2.45, 2.75) is 32.5 Å². The van der Waals surface area contributed by atoms with Crippen LogP contribution in [0.15, 0.2) is 36.4 Å². The molecule has 1 aromatic carbocycles. The van der Waals surface area contributed by atoms with Gasteiger partial charge in [0, 0.05) is 18.2 Å². The number of nitrogens with zero attached hydrogens (tertiary/aromatic N) is 1. The quantitative estimate of drug-likeness (QED) is 0.361. The standard InChI is InChI=1S/C21H24F4N4O3S/c1-4-11-26-20-14(6-9-18(28-20)21(23,24)25)7-10-19(30)27-13(2)15-5-8-17(16(22)12-15)29-33(3,31)32/h5-10,12-13,29H,4,11H2,1-3H3,(H,26,28)(H,27,30). The minimum Gasteiger partial charge on any atom is -0.370 e. The summed E-state index contributed by atoms with van der Waals surface area (Å²) in [6, 6.07) is 5.19. The maximum Gasteiger partial charge on any atom is 0.433 e. The van der Waals surface area contributed by atoms with E-state index >= 15 is 0 Å². The van der Waals surface area contributed by atoms with E-state index in [1.165, 1.54) is 24.3 Å². The molecule has 0 fully saturated rings. The molecule has 180 valence electrons. The Morgan fingerprint density at radius 2 is 1.91 bits per heavy atom. The lowest BCUT2D eigenvalue weighted by Crippen LogP contribution is -2.24. The van der Waals surface area contributed by atoms with Gasteiger partial charge in [0.05, 0.1) is 18.0 Å². The molecule has 0 aliphatic heterocycles. The fourth-order valence-corrected chi connectivity index (χ4v) is 3.31. The molecule has 1 unspecified atom stereocenters. The van der Waals surface area contributed by atoms with Gasteiger partial charge in [0.15, 0.2) is 0 Å². The molecule has 0 saturated carbocycles. The Bertz CT molecular complexity index is 1130. The molecule has 3 N–H and O–H groups in total. The van der Waals surface area contributed by atoms with E-state index in [4.69, 9.17) is 0 Å². The normalized spacial score (nSPS) is 13.1. The summed E-state index contributed by atoms with van der Waals surface area (Å²) in [6.07, 6.45) is -0.584. The number of hydrogen-bond acceptors (Lipinski definition) is 5. The first-order valence-corrected chi connectivity index (χ1v) is 11.8. The van der Waals surface area contributed by atoms with Crippen LogP contribution >= 0.6 is 0 Å². The zero-order chi connectivity index (χ0) is 24.8. The van der Waals surface area contributed by atoms with Gasteiger partial charge >= 0.3 is 6.18 Å². The van der Waals surface area contributed by atoms with Crippen molar-refractivity contribution in [3.63, 3.8) is 0 Å². The number of benzene rings is 1. The van der Waals surface area contributed by atoms with Crippen LogP contribution in [0, 0.1) is 5.82 Å². The maximum absolute atomic E-state index is 14.2. The number of nitrogens with one attached hydrogen (secondary N) is 3. The molecule has 1 amide bonds. The van der Waals surface area contributed by atoms with Gasteiger partial charge in [-0.3, -0.25) is 9.52 Å². The molecule has 0 bridgehead atoms. The van der Waals surface area contributed by atoms with Crippen LogP contribution in [-0.2, 0) is 21.0 Å². The van der Waals surface area contributed by atoms with Gasteiger partial charge in [-0.2, -0.15) is 13.2 Å². The molecule has 1 atom stereocenters. The predicted octanol–water partition coefficient (Wildman–Crippen LogP) is 4.32. The van der Waals surface area contributed by atoms with E-state index in [1.807, 2.05) is 11.6 Å². The van der Waals surface area contributed by atoms with Crippen molar-refractivity contribution in [2.75, 3.05) is 22.8 Å². The summed E-state index contributed by atoms with van der Waals surface area (Å²) in [6.45, 7) is 3.84. The third-order valence-electron chi connectivity index (χ3n) is 4.32. The number of amides is 1. The van der Waals surface area contributed by atoms with Crippen LogP contribution in [0.25, 0.3) is 6.08 Å². The summed E-state index contributed by atoms with van der Waals surface area (Å²) < 4.78 is 77.5. The van der Waals surface area contributed by atoms with Crippen molar-refractivity contribution < 1.29 is 30.8 Å². The molecule has 0 aliphatic carbocycles. The van der Waals surface area contributed by atoms with Crippen molar-refractivity contribution in [3.8, 4) is 0 Å². The third kappa shape index (κ3) is 8.04. The second-order valence-electron chi connectivity index (χ2n) is 7.24. The lowest BCUT2D eigenvalue weighted by molar-refractivity contribution is -0.141. The summed E-state index contributed by atoms with van der Waals surface area (Å²) in [7, 11) is -3.65. The van der Waals surface area contributed by atoms with Crippen LogP contribution in [0.1, 0.15) is 43.1 Å². The molecule has 0 aliphatic rings. The van der Waals surface area contributed by atoms with Gasteiger partial charge in [-0.1, -0.05) is 13.0 Å². The number of carbonyl (C=O) groups excluding carboxylic acids is 1. The van der Waals surface area contributed by atoms with E-state index in [2.05, 4.69) is 15.6 Å². The van der Waals surface area contributed by atoms with Crippen molar-refractivity contribution in [1.29, 1.82) is 0 Å². The first-order chi connectivity index (χ1) is 15.3. The first-order valence-electron chi connectivity index (χ1n) is 9.88. The predicted molar refractivity (Wildman–Crippen MR) is 118 cm³/mol. The van der Waals surface area contributed by atoms with Crippen molar-refractivity contribution in [3.05, 3.63) is 59.0 Å². The average molecular weight is 489 g/mol. The number of pyridine rings is 1. The van der Waals surface area contributed by atoms with Gasteiger partial charge in [0.1, 0.15) is 17.3 Å².